The Labute approximate surface area is 137 Å². The molecule has 0 aliphatic carbocycles. The van der Waals surface area contributed by atoms with E-state index in [1.54, 1.807) is 0 Å². The van der Waals surface area contributed by atoms with Gasteiger partial charge in [-0.15, -0.1) is 0 Å². The predicted molar refractivity (Wildman–Crippen MR) is 93.0 cm³/mol. The first kappa shape index (κ1) is 15.7. The molecule has 0 spiro atoms. The highest BCUT2D eigenvalue weighted by Gasteiger charge is 2.30. The van der Waals surface area contributed by atoms with Crippen molar-refractivity contribution < 1.29 is 4.79 Å². The van der Waals surface area contributed by atoms with Crippen LogP contribution in [0.5, 0.6) is 0 Å². The Morgan fingerprint density at radius 3 is 2.43 bits per heavy atom. The van der Waals surface area contributed by atoms with Crippen molar-refractivity contribution in [2.45, 2.75) is 38.8 Å². The van der Waals surface area contributed by atoms with E-state index in [1.165, 1.54) is 16.7 Å². The van der Waals surface area contributed by atoms with E-state index in [-0.39, 0.29) is 18.0 Å². The van der Waals surface area contributed by atoms with Gasteiger partial charge in [0, 0.05) is 11.7 Å². The number of aryl methyl sites for hydroxylation is 2. The van der Waals surface area contributed by atoms with E-state index in [2.05, 4.69) is 54.3 Å². The topological polar surface area (TPSA) is 53.2 Å². The van der Waals surface area contributed by atoms with Gasteiger partial charge >= 0.3 is 0 Å². The summed E-state index contributed by atoms with van der Waals surface area (Å²) < 4.78 is 0. The van der Waals surface area contributed by atoms with Crippen LogP contribution in [-0.4, -0.2) is 11.9 Å². The van der Waals surface area contributed by atoms with Gasteiger partial charge in [0.1, 0.15) is 6.04 Å². The Balaban J connectivity index is 1.59. The molecule has 2 atom stereocenters. The van der Waals surface area contributed by atoms with Gasteiger partial charge in [-0.2, -0.15) is 0 Å². The van der Waals surface area contributed by atoms with Gasteiger partial charge in [0.25, 0.3) is 0 Å². The zero-order chi connectivity index (χ0) is 16.2. The second-order valence-corrected chi connectivity index (χ2v) is 6.08. The lowest BCUT2D eigenvalue weighted by molar-refractivity contribution is -0.117. The maximum atomic E-state index is 12.4. The van der Waals surface area contributed by atoms with Crippen LogP contribution in [0.15, 0.2) is 48.5 Å². The summed E-state index contributed by atoms with van der Waals surface area (Å²) in [6, 6.07) is 16.3. The molecular formula is C19H23N3O. The van der Waals surface area contributed by atoms with Gasteiger partial charge in [-0.25, -0.2) is 10.9 Å². The monoisotopic (exact) mass is 309 g/mol. The smallest absolute Gasteiger partial charge is 0.242 e. The maximum Gasteiger partial charge on any atom is 0.242 e. The summed E-state index contributed by atoms with van der Waals surface area (Å²) >= 11 is 0. The van der Waals surface area contributed by atoms with Crippen LogP contribution in [-0.2, 0) is 11.2 Å². The number of carbonyl (C=O) groups is 1. The number of carbonyl (C=O) groups excluding carboxylic acids is 1. The van der Waals surface area contributed by atoms with Crippen LogP contribution in [0.25, 0.3) is 0 Å². The van der Waals surface area contributed by atoms with E-state index >= 15 is 0 Å². The summed E-state index contributed by atoms with van der Waals surface area (Å²) in [5, 5.41) is 2.97. The van der Waals surface area contributed by atoms with Crippen LogP contribution < -0.4 is 16.2 Å². The minimum Gasteiger partial charge on any atom is -0.325 e. The van der Waals surface area contributed by atoms with Crippen LogP contribution in [0.3, 0.4) is 0 Å². The maximum absolute atomic E-state index is 12.4. The Bertz CT molecular complexity index is 664. The molecule has 0 aromatic heterocycles. The van der Waals surface area contributed by atoms with Crippen molar-refractivity contribution >= 4 is 11.6 Å². The molecular weight excluding hydrogens is 286 g/mol. The number of nitrogens with one attached hydrogen (secondary N) is 3. The number of hydrazine groups is 1. The molecule has 1 aliphatic rings. The summed E-state index contributed by atoms with van der Waals surface area (Å²) in [4.78, 5) is 12.4. The highest BCUT2D eigenvalue weighted by molar-refractivity contribution is 5.95. The minimum absolute atomic E-state index is 0.00337. The second-order valence-electron chi connectivity index (χ2n) is 6.08. The molecule has 4 nitrogen and oxygen atoms in total. The van der Waals surface area contributed by atoms with Crippen molar-refractivity contribution in [1.82, 2.24) is 10.9 Å². The van der Waals surface area contributed by atoms with Crippen LogP contribution in [0.4, 0.5) is 5.69 Å². The third kappa shape index (κ3) is 3.78. The summed E-state index contributed by atoms with van der Waals surface area (Å²) in [5.74, 6) is -0.00337. The molecule has 0 saturated carbocycles. The van der Waals surface area contributed by atoms with Crippen LogP contribution in [0.1, 0.15) is 36.1 Å². The average Bonchev–Trinajstić information content (AvgIpc) is 3.06. The van der Waals surface area contributed by atoms with Gasteiger partial charge in [-0.1, -0.05) is 48.9 Å². The standard InChI is InChI=1S/C19H23N3O/c1-3-14-6-10-16(11-7-14)20-19(23)18-12-17(21-22-18)15-8-4-13(2)5-9-15/h4-11,17-18,21-22H,3,12H2,1-2H3,(H,20,23). The Morgan fingerprint density at radius 2 is 1.78 bits per heavy atom. The van der Waals surface area contributed by atoms with Gasteiger partial charge in [0.2, 0.25) is 5.91 Å². The number of hydrogen-bond acceptors (Lipinski definition) is 3. The Kier molecular flexibility index (Phi) is 4.74. The first-order valence-electron chi connectivity index (χ1n) is 8.13. The first-order valence-corrected chi connectivity index (χ1v) is 8.13. The molecule has 3 N–H and O–H groups in total. The molecule has 0 radical (unpaired) electrons. The second kappa shape index (κ2) is 6.94. The van der Waals surface area contributed by atoms with E-state index in [9.17, 15) is 4.79 Å². The summed E-state index contributed by atoms with van der Waals surface area (Å²) in [6.45, 7) is 4.19. The molecule has 120 valence electrons. The van der Waals surface area contributed by atoms with Crippen molar-refractivity contribution in [1.29, 1.82) is 0 Å². The average molecular weight is 309 g/mol. The number of rotatable bonds is 4. The number of hydrogen-bond donors (Lipinski definition) is 3. The molecule has 1 heterocycles. The van der Waals surface area contributed by atoms with E-state index in [0.29, 0.717) is 0 Å². The lowest BCUT2D eigenvalue weighted by Gasteiger charge is -2.11. The number of anilines is 1. The van der Waals surface area contributed by atoms with Gasteiger partial charge in [0.15, 0.2) is 0 Å². The van der Waals surface area contributed by atoms with Crippen LogP contribution in [0.2, 0.25) is 0 Å². The first-order chi connectivity index (χ1) is 11.2. The fraction of sp³-hybridized carbons (Fsp3) is 0.316. The zero-order valence-corrected chi connectivity index (χ0v) is 13.6. The van der Waals surface area contributed by atoms with E-state index < -0.39 is 0 Å². The number of benzene rings is 2. The molecule has 1 amide bonds. The highest BCUT2D eigenvalue weighted by Crippen LogP contribution is 2.23. The molecule has 2 unspecified atom stereocenters. The van der Waals surface area contributed by atoms with E-state index in [1.807, 2.05) is 24.3 Å². The fourth-order valence-corrected chi connectivity index (χ4v) is 2.80. The largest absolute Gasteiger partial charge is 0.325 e. The molecule has 3 rings (SSSR count). The molecule has 1 saturated heterocycles. The van der Waals surface area contributed by atoms with Crippen molar-refractivity contribution in [2.24, 2.45) is 0 Å². The summed E-state index contributed by atoms with van der Waals surface area (Å²) in [6.07, 6.45) is 1.74. The minimum atomic E-state index is -0.229. The molecule has 2 aromatic carbocycles. The molecule has 1 aliphatic heterocycles. The van der Waals surface area contributed by atoms with E-state index in [4.69, 9.17) is 0 Å². The number of amides is 1. The molecule has 23 heavy (non-hydrogen) atoms. The van der Waals surface area contributed by atoms with Crippen molar-refractivity contribution in [3.63, 3.8) is 0 Å². The van der Waals surface area contributed by atoms with Crippen molar-refractivity contribution in [3.8, 4) is 0 Å². The third-order valence-corrected chi connectivity index (χ3v) is 4.33. The summed E-state index contributed by atoms with van der Waals surface area (Å²) in [7, 11) is 0. The quantitative estimate of drug-likeness (QED) is 0.813. The van der Waals surface area contributed by atoms with E-state index in [0.717, 1.165) is 18.5 Å². The predicted octanol–water partition coefficient (Wildman–Crippen LogP) is 3.10. The fourth-order valence-electron chi connectivity index (χ4n) is 2.80. The van der Waals surface area contributed by atoms with Crippen molar-refractivity contribution in [2.75, 3.05) is 5.32 Å². The summed E-state index contributed by atoms with van der Waals surface area (Å²) in [5.41, 5.74) is 10.9. The lowest BCUT2D eigenvalue weighted by Crippen LogP contribution is -2.39. The van der Waals surface area contributed by atoms with Gasteiger partial charge in [-0.05, 0) is 43.0 Å². The Morgan fingerprint density at radius 1 is 1.09 bits per heavy atom. The molecule has 1 fully saturated rings. The van der Waals surface area contributed by atoms with Gasteiger partial charge < -0.3 is 5.32 Å². The molecule has 0 bridgehead atoms. The van der Waals surface area contributed by atoms with Gasteiger partial charge in [0.05, 0.1) is 0 Å². The molecule has 4 heteroatoms. The van der Waals surface area contributed by atoms with Gasteiger partial charge in [-0.3, -0.25) is 4.79 Å². The third-order valence-electron chi connectivity index (χ3n) is 4.33. The van der Waals surface area contributed by atoms with Crippen LogP contribution >= 0.6 is 0 Å². The lowest BCUT2D eigenvalue weighted by atomic mass is 10.0. The normalized spacial score (nSPS) is 20.4. The van der Waals surface area contributed by atoms with Crippen LogP contribution in [0, 0.1) is 6.92 Å². The Hall–Kier alpha value is -2.17. The van der Waals surface area contributed by atoms with Crippen molar-refractivity contribution in [3.05, 3.63) is 65.2 Å². The highest BCUT2D eigenvalue weighted by atomic mass is 16.2. The molecule has 2 aromatic rings. The zero-order valence-electron chi connectivity index (χ0n) is 13.6. The SMILES string of the molecule is CCc1ccc(NC(=O)C2CC(c3ccc(C)cc3)NN2)cc1.